The Kier molecular flexibility index (Phi) is 7.79. The topological polar surface area (TPSA) is 106 Å². The van der Waals surface area contributed by atoms with E-state index in [1.807, 2.05) is 42.5 Å². The Morgan fingerprint density at radius 3 is 2.06 bits per heavy atom. The summed E-state index contributed by atoms with van der Waals surface area (Å²) >= 11 is 0. The van der Waals surface area contributed by atoms with E-state index in [0.29, 0.717) is 17.7 Å². The summed E-state index contributed by atoms with van der Waals surface area (Å²) in [4.78, 5) is 2.30. The van der Waals surface area contributed by atoms with Crippen molar-refractivity contribution in [3.05, 3.63) is 83.9 Å². The van der Waals surface area contributed by atoms with Gasteiger partial charge in [-0.15, -0.1) is 0 Å². The van der Waals surface area contributed by atoms with Crippen molar-refractivity contribution < 1.29 is 13.2 Å². The van der Waals surface area contributed by atoms with Gasteiger partial charge in [0.25, 0.3) is 0 Å². The van der Waals surface area contributed by atoms with E-state index in [1.165, 1.54) is 24.3 Å². The van der Waals surface area contributed by atoms with E-state index in [0.717, 1.165) is 49.2 Å². The summed E-state index contributed by atoms with van der Waals surface area (Å²) in [5.41, 5.74) is 3.15. The van der Waals surface area contributed by atoms with Crippen molar-refractivity contribution in [1.29, 1.82) is 10.5 Å². The lowest BCUT2D eigenvalue weighted by molar-refractivity contribution is 0.214. The van der Waals surface area contributed by atoms with Crippen molar-refractivity contribution >= 4 is 10.0 Å². The highest BCUT2D eigenvalue weighted by Gasteiger charge is 2.28. The van der Waals surface area contributed by atoms with Crippen LogP contribution < -0.4 is 9.46 Å². The third kappa shape index (κ3) is 6.26. The first-order valence-electron chi connectivity index (χ1n) is 11.5. The Bertz CT molecular complexity index is 1320. The average Bonchev–Trinajstić information content (AvgIpc) is 3.33. The molecule has 0 spiro atoms. The monoisotopic (exact) mass is 486 g/mol. The van der Waals surface area contributed by atoms with Crippen LogP contribution in [0, 0.1) is 22.7 Å². The maximum atomic E-state index is 12.8. The van der Waals surface area contributed by atoms with Gasteiger partial charge in [0.2, 0.25) is 10.0 Å². The van der Waals surface area contributed by atoms with Crippen molar-refractivity contribution in [2.45, 2.75) is 30.3 Å². The van der Waals surface area contributed by atoms with Crippen molar-refractivity contribution in [3.63, 3.8) is 0 Å². The first-order valence-corrected chi connectivity index (χ1v) is 13.0. The molecule has 1 heterocycles. The summed E-state index contributed by atoms with van der Waals surface area (Å²) in [7, 11) is -3.65. The van der Waals surface area contributed by atoms with Gasteiger partial charge >= 0.3 is 0 Å². The quantitative estimate of drug-likeness (QED) is 0.453. The molecule has 0 amide bonds. The Hall–Kier alpha value is -3.69. The van der Waals surface area contributed by atoms with Crippen LogP contribution in [0.2, 0.25) is 0 Å². The largest absolute Gasteiger partial charge is 0.494 e. The molecule has 3 aromatic carbocycles. The fourth-order valence-electron chi connectivity index (χ4n) is 4.12. The second kappa shape index (κ2) is 11.2. The summed E-state index contributed by atoms with van der Waals surface area (Å²) < 4.78 is 34.2. The van der Waals surface area contributed by atoms with Crippen LogP contribution in [0.1, 0.15) is 30.4 Å². The number of rotatable bonds is 9. The fourth-order valence-corrected chi connectivity index (χ4v) is 5.38. The molecule has 1 saturated heterocycles. The van der Waals surface area contributed by atoms with Gasteiger partial charge in [0.1, 0.15) is 5.75 Å². The molecule has 7 nitrogen and oxygen atoms in total. The summed E-state index contributed by atoms with van der Waals surface area (Å²) in [5.74, 6) is 0.780. The zero-order valence-corrected chi connectivity index (χ0v) is 20.0. The molecule has 1 aliphatic rings. The van der Waals surface area contributed by atoms with E-state index in [-0.39, 0.29) is 11.1 Å². The molecular weight excluding hydrogens is 460 g/mol. The van der Waals surface area contributed by atoms with Crippen molar-refractivity contribution in [3.8, 4) is 29.0 Å². The third-order valence-corrected chi connectivity index (χ3v) is 7.48. The number of nitrogens with one attached hydrogen (secondary N) is 1. The third-order valence-electron chi connectivity index (χ3n) is 6.01. The van der Waals surface area contributed by atoms with Gasteiger partial charge < -0.3 is 4.74 Å². The number of nitriles is 2. The zero-order chi connectivity index (χ0) is 24.7. The molecule has 0 radical (unpaired) electrons. The van der Waals surface area contributed by atoms with Crippen LogP contribution in [0.3, 0.4) is 0 Å². The summed E-state index contributed by atoms with van der Waals surface area (Å²) in [6.07, 6.45) is 2.21. The standard InChI is InChI=1S/C27H26N4O3S/c28-19-21-4-8-23(9-5-21)24-10-12-25(13-11-24)34-18-2-17-31-16-1-3-27(31)30-35(32,33)26-14-6-22(20-29)7-15-26/h4-15,27,30H,1-3,16-18H2. The molecule has 3 aromatic rings. The van der Waals surface area contributed by atoms with Crippen LogP contribution in [0.25, 0.3) is 11.1 Å². The number of hydrogen-bond donors (Lipinski definition) is 1. The molecular formula is C27H26N4O3S. The highest BCUT2D eigenvalue weighted by molar-refractivity contribution is 7.89. The molecule has 4 rings (SSSR count). The van der Waals surface area contributed by atoms with Crippen LogP contribution in [0.15, 0.2) is 77.7 Å². The minimum atomic E-state index is -3.65. The molecule has 178 valence electrons. The van der Waals surface area contributed by atoms with Gasteiger partial charge in [-0.2, -0.15) is 15.2 Å². The number of benzene rings is 3. The Labute approximate surface area is 206 Å². The average molecular weight is 487 g/mol. The van der Waals surface area contributed by atoms with Crippen molar-refractivity contribution in [1.82, 2.24) is 9.62 Å². The molecule has 35 heavy (non-hydrogen) atoms. The molecule has 1 unspecified atom stereocenters. The van der Waals surface area contributed by atoms with Gasteiger partial charge in [-0.05, 0) is 85.5 Å². The molecule has 0 bridgehead atoms. The second-order valence-electron chi connectivity index (χ2n) is 8.37. The number of nitrogens with zero attached hydrogens (tertiary/aromatic N) is 3. The van der Waals surface area contributed by atoms with Gasteiger partial charge in [-0.25, -0.2) is 8.42 Å². The van der Waals surface area contributed by atoms with Crippen LogP contribution in [0.4, 0.5) is 0 Å². The molecule has 1 fully saturated rings. The van der Waals surface area contributed by atoms with E-state index in [9.17, 15) is 8.42 Å². The van der Waals surface area contributed by atoms with Gasteiger partial charge in [0.05, 0.1) is 40.9 Å². The molecule has 1 atom stereocenters. The summed E-state index contributed by atoms with van der Waals surface area (Å²) in [6, 6.07) is 25.3. The number of hydrogen-bond acceptors (Lipinski definition) is 6. The Morgan fingerprint density at radius 1 is 0.886 bits per heavy atom. The van der Waals surface area contributed by atoms with E-state index < -0.39 is 10.0 Å². The first kappa shape index (κ1) is 24.4. The van der Waals surface area contributed by atoms with Crippen LogP contribution in [-0.2, 0) is 10.0 Å². The molecule has 0 saturated carbocycles. The lowest BCUT2D eigenvalue weighted by Gasteiger charge is -2.25. The van der Waals surface area contributed by atoms with Gasteiger partial charge in [-0.1, -0.05) is 24.3 Å². The molecule has 0 aliphatic carbocycles. The zero-order valence-electron chi connectivity index (χ0n) is 19.2. The van der Waals surface area contributed by atoms with E-state index >= 15 is 0 Å². The molecule has 1 aliphatic heterocycles. The lowest BCUT2D eigenvalue weighted by atomic mass is 10.0. The molecule has 8 heteroatoms. The minimum Gasteiger partial charge on any atom is -0.494 e. The van der Waals surface area contributed by atoms with Gasteiger partial charge in [0.15, 0.2) is 0 Å². The Balaban J connectivity index is 1.25. The second-order valence-corrected chi connectivity index (χ2v) is 10.1. The molecule has 1 N–H and O–H groups in total. The SMILES string of the molecule is N#Cc1ccc(-c2ccc(OCCCN3CCCC3NS(=O)(=O)c3ccc(C#N)cc3)cc2)cc1. The number of ether oxygens (including phenoxy) is 1. The summed E-state index contributed by atoms with van der Waals surface area (Å²) in [6.45, 7) is 2.09. The first-order chi connectivity index (χ1) is 17.0. The van der Waals surface area contributed by atoms with E-state index in [2.05, 4.69) is 15.7 Å². The minimum absolute atomic E-state index is 0.163. The smallest absolute Gasteiger partial charge is 0.241 e. The number of sulfonamides is 1. The van der Waals surface area contributed by atoms with Gasteiger partial charge in [-0.3, -0.25) is 4.90 Å². The van der Waals surface area contributed by atoms with Crippen LogP contribution in [0.5, 0.6) is 5.75 Å². The fraction of sp³-hybridized carbons (Fsp3) is 0.259. The lowest BCUT2D eigenvalue weighted by Crippen LogP contribution is -2.44. The van der Waals surface area contributed by atoms with E-state index in [1.54, 1.807) is 12.1 Å². The maximum absolute atomic E-state index is 12.8. The van der Waals surface area contributed by atoms with Gasteiger partial charge in [0, 0.05) is 6.54 Å². The predicted octanol–water partition coefficient (Wildman–Crippen LogP) is 4.27. The predicted molar refractivity (Wildman–Crippen MR) is 133 cm³/mol. The van der Waals surface area contributed by atoms with Crippen LogP contribution >= 0.6 is 0 Å². The highest BCUT2D eigenvalue weighted by Crippen LogP contribution is 2.23. The van der Waals surface area contributed by atoms with Crippen molar-refractivity contribution in [2.75, 3.05) is 19.7 Å². The van der Waals surface area contributed by atoms with Crippen LogP contribution in [-0.4, -0.2) is 39.2 Å². The van der Waals surface area contributed by atoms with Crippen molar-refractivity contribution in [2.24, 2.45) is 0 Å². The summed E-state index contributed by atoms with van der Waals surface area (Å²) in [5, 5.41) is 17.8. The normalized spacial score (nSPS) is 15.9. The Morgan fingerprint density at radius 2 is 1.46 bits per heavy atom. The maximum Gasteiger partial charge on any atom is 0.241 e. The molecule has 0 aromatic heterocycles. The number of likely N-dealkylation sites (tertiary alicyclic amines) is 1. The highest BCUT2D eigenvalue weighted by atomic mass is 32.2. The van der Waals surface area contributed by atoms with E-state index in [4.69, 9.17) is 15.3 Å².